The number of nitrogens with one attached hydrogen (secondary N) is 2. The van der Waals surface area contributed by atoms with E-state index in [0.29, 0.717) is 38.1 Å². The molecule has 4 nitrogen and oxygen atoms in total. The van der Waals surface area contributed by atoms with Crippen molar-refractivity contribution in [2.45, 2.75) is 6.92 Å². The Labute approximate surface area is 141 Å². The summed E-state index contributed by atoms with van der Waals surface area (Å²) in [7, 11) is 0. The van der Waals surface area contributed by atoms with Gasteiger partial charge in [-0.25, -0.2) is 4.98 Å². The van der Waals surface area contributed by atoms with Gasteiger partial charge in [0.1, 0.15) is 5.82 Å². The highest BCUT2D eigenvalue weighted by Gasteiger charge is 2.13. The van der Waals surface area contributed by atoms with Gasteiger partial charge in [0.15, 0.2) is 0 Å². The number of nitrogens with zero attached hydrogens (tertiary/aromatic N) is 1. The van der Waals surface area contributed by atoms with Gasteiger partial charge in [0.25, 0.3) is 5.91 Å². The fourth-order valence-corrected chi connectivity index (χ4v) is 2.64. The average Bonchev–Trinajstić information content (AvgIpc) is 2.44. The van der Waals surface area contributed by atoms with Gasteiger partial charge in [-0.3, -0.25) is 4.79 Å². The Kier molecular flexibility index (Phi) is 5.45. The van der Waals surface area contributed by atoms with Crippen LogP contribution in [0.1, 0.15) is 17.3 Å². The van der Waals surface area contributed by atoms with Crippen LogP contribution in [0.5, 0.6) is 0 Å². The highest BCUT2D eigenvalue weighted by Crippen LogP contribution is 2.27. The summed E-state index contributed by atoms with van der Waals surface area (Å²) in [5, 5.41) is 6.69. The highest BCUT2D eigenvalue weighted by molar-refractivity contribution is 9.10. The van der Waals surface area contributed by atoms with E-state index in [1.807, 2.05) is 6.92 Å². The van der Waals surface area contributed by atoms with Crippen molar-refractivity contribution in [3.05, 3.63) is 50.5 Å². The number of rotatable bonds is 4. The Morgan fingerprint density at radius 3 is 2.76 bits per heavy atom. The lowest BCUT2D eigenvalue weighted by Gasteiger charge is -2.10. The number of amides is 1. The van der Waals surface area contributed by atoms with Crippen molar-refractivity contribution in [3.8, 4) is 0 Å². The molecule has 0 radical (unpaired) electrons. The Bertz CT molecular complexity index is 679. The normalized spacial score (nSPS) is 10.3. The minimum atomic E-state index is -0.315. The number of carbonyl (C=O) groups is 1. The summed E-state index contributed by atoms with van der Waals surface area (Å²) in [6.07, 6.45) is 1.45. The minimum absolute atomic E-state index is 0.291. The van der Waals surface area contributed by atoms with Gasteiger partial charge in [-0.05, 0) is 47.1 Å². The van der Waals surface area contributed by atoms with E-state index in [2.05, 4.69) is 31.5 Å². The van der Waals surface area contributed by atoms with Crippen LogP contribution in [0.2, 0.25) is 10.0 Å². The van der Waals surface area contributed by atoms with E-state index in [0.717, 1.165) is 0 Å². The monoisotopic (exact) mass is 387 g/mol. The molecule has 1 aromatic carbocycles. The van der Waals surface area contributed by atoms with Crippen LogP contribution in [0, 0.1) is 0 Å². The highest BCUT2D eigenvalue weighted by atomic mass is 79.9. The summed E-state index contributed by atoms with van der Waals surface area (Å²) in [5.74, 6) is 0.284. The van der Waals surface area contributed by atoms with Crippen LogP contribution in [0.3, 0.4) is 0 Å². The summed E-state index contributed by atoms with van der Waals surface area (Å²) in [4.78, 5) is 16.4. The number of anilines is 2. The van der Waals surface area contributed by atoms with Crippen molar-refractivity contribution in [1.82, 2.24) is 4.98 Å². The van der Waals surface area contributed by atoms with E-state index in [1.54, 1.807) is 24.3 Å². The molecule has 0 fully saturated rings. The lowest BCUT2D eigenvalue weighted by molar-refractivity contribution is 0.102. The van der Waals surface area contributed by atoms with Crippen LogP contribution >= 0.6 is 39.1 Å². The molecular formula is C14H12BrCl2N3O. The quantitative estimate of drug-likeness (QED) is 0.788. The predicted octanol–water partition coefficient (Wildman–Crippen LogP) is 4.84. The van der Waals surface area contributed by atoms with Crippen LogP contribution in [0.15, 0.2) is 34.9 Å². The van der Waals surface area contributed by atoms with Gasteiger partial charge in [0.2, 0.25) is 0 Å². The van der Waals surface area contributed by atoms with Gasteiger partial charge in [0, 0.05) is 22.2 Å². The molecule has 7 heteroatoms. The van der Waals surface area contributed by atoms with Crippen molar-refractivity contribution < 1.29 is 4.79 Å². The molecule has 21 heavy (non-hydrogen) atoms. The van der Waals surface area contributed by atoms with Gasteiger partial charge < -0.3 is 10.6 Å². The first-order chi connectivity index (χ1) is 10.0. The molecule has 1 aromatic heterocycles. The first-order valence-corrected chi connectivity index (χ1v) is 7.72. The molecule has 0 aliphatic heterocycles. The summed E-state index contributed by atoms with van der Waals surface area (Å²) in [6, 6.07) is 6.73. The molecule has 2 rings (SSSR count). The third kappa shape index (κ3) is 4.09. The van der Waals surface area contributed by atoms with Gasteiger partial charge in [-0.15, -0.1) is 0 Å². The first kappa shape index (κ1) is 16.1. The number of aromatic nitrogens is 1. The SMILES string of the molecule is CCNc1cc(C(=O)Nc2ccc(Cl)cc2Br)c(Cl)cn1. The number of halogens is 3. The zero-order valence-corrected chi connectivity index (χ0v) is 14.2. The second-order valence-electron chi connectivity index (χ2n) is 4.16. The smallest absolute Gasteiger partial charge is 0.257 e. The number of hydrogen-bond acceptors (Lipinski definition) is 3. The van der Waals surface area contributed by atoms with Gasteiger partial charge in [0.05, 0.1) is 16.3 Å². The Morgan fingerprint density at radius 1 is 1.33 bits per heavy atom. The van der Waals surface area contributed by atoms with Crippen molar-refractivity contribution in [2.75, 3.05) is 17.2 Å². The van der Waals surface area contributed by atoms with Crippen LogP contribution in [0.4, 0.5) is 11.5 Å². The second kappa shape index (κ2) is 7.11. The molecule has 0 unspecified atom stereocenters. The molecule has 0 aliphatic rings. The third-order valence-corrected chi connectivity index (χ3v) is 3.83. The summed E-state index contributed by atoms with van der Waals surface area (Å²) in [6.45, 7) is 2.65. The Balaban J connectivity index is 2.25. The molecule has 110 valence electrons. The molecule has 0 aliphatic carbocycles. The maximum absolute atomic E-state index is 12.3. The number of carbonyl (C=O) groups excluding carboxylic acids is 1. The predicted molar refractivity (Wildman–Crippen MR) is 90.5 cm³/mol. The lowest BCUT2D eigenvalue weighted by Crippen LogP contribution is -2.14. The van der Waals surface area contributed by atoms with Crippen molar-refractivity contribution in [2.24, 2.45) is 0 Å². The van der Waals surface area contributed by atoms with Crippen LogP contribution in [-0.2, 0) is 0 Å². The molecule has 0 saturated heterocycles. The molecule has 2 aromatic rings. The van der Waals surface area contributed by atoms with E-state index >= 15 is 0 Å². The van der Waals surface area contributed by atoms with Crippen LogP contribution < -0.4 is 10.6 Å². The number of hydrogen-bond donors (Lipinski definition) is 2. The molecular weight excluding hydrogens is 377 g/mol. The fraction of sp³-hybridized carbons (Fsp3) is 0.143. The molecule has 0 saturated carbocycles. The van der Waals surface area contributed by atoms with E-state index < -0.39 is 0 Å². The maximum Gasteiger partial charge on any atom is 0.257 e. The number of benzene rings is 1. The Morgan fingerprint density at radius 2 is 2.10 bits per heavy atom. The molecule has 1 heterocycles. The molecule has 2 N–H and O–H groups in total. The van der Waals surface area contributed by atoms with Crippen molar-refractivity contribution in [1.29, 1.82) is 0 Å². The van der Waals surface area contributed by atoms with Crippen LogP contribution in [-0.4, -0.2) is 17.4 Å². The third-order valence-electron chi connectivity index (χ3n) is 2.64. The fourth-order valence-electron chi connectivity index (χ4n) is 1.67. The Hall–Kier alpha value is -1.30. The zero-order valence-electron chi connectivity index (χ0n) is 11.1. The summed E-state index contributed by atoms with van der Waals surface area (Å²) >= 11 is 15.3. The standard InChI is InChI=1S/C14H12BrCl2N3O/c1-2-18-13-6-9(11(17)7-19-13)14(21)20-12-4-3-8(16)5-10(12)15/h3-7H,2H2,1H3,(H,18,19)(H,20,21). The van der Waals surface area contributed by atoms with E-state index in [1.165, 1.54) is 6.20 Å². The molecule has 0 atom stereocenters. The zero-order chi connectivity index (χ0) is 15.4. The first-order valence-electron chi connectivity index (χ1n) is 6.17. The number of pyridine rings is 1. The maximum atomic E-state index is 12.3. The van der Waals surface area contributed by atoms with E-state index in [9.17, 15) is 4.79 Å². The summed E-state index contributed by atoms with van der Waals surface area (Å²) in [5.41, 5.74) is 0.965. The van der Waals surface area contributed by atoms with E-state index in [4.69, 9.17) is 23.2 Å². The molecule has 0 bridgehead atoms. The summed E-state index contributed by atoms with van der Waals surface area (Å²) < 4.78 is 0.695. The van der Waals surface area contributed by atoms with Gasteiger partial charge >= 0.3 is 0 Å². The van der Waals surface area contributed by atoms with E-state index in [-0.39, 0.29) is 5.91 Å². The van der Waals surface area contributed by atoms with Crippen molar-refractivity contribution in [3.63, 3.8) is 0 Å². The minimum Gasteiger partial charge on any atom is -0.370 e. The molecule has 1 amide bonds. The second-order valence-corrected chi connectivity index (χ2v) is 5.86. The van der Waals surface area contributed by atoms with Crippen molar-refractivity contribution >= 4 is 56.5 Å². The average molecular weight is 389 g/mol. The van der Waals surface area contributed by atoms with Crippen LogP contribution in [0.25, 0.3) is 0 Å². The van der Waals surface area contributed by atoms with Gasteiger partial charge in [-0.2, -0.15) is 0 Å². The van der Waals surface area contributed by atoms with Gasteiger partial charge in [-0.1, -0.05) is 23.2 Å². The topological polar surface area (TPSA) is 54.0 Å². The largest absolute Gasteiger partial charge is 0.370 e. The lowest BCUT2D eigenvalue weighted by atomic mass is 10.2. The molecule has 0 spiro atoms.